The summed E-state index contributed by atoms with van der Waals surface area (Å²) in [5, 5.41) is 6.53. The van der Waals surface area contributed by atoms with E-state index >= 15 is 0 Å². The summed E-state index contributed by atoms with van der Waals surface area (Å²) in [7, 11) is -2.81. The van der Waals surface area contributed by atoms with Gasteiger partial charge in [-0.05, 0) is 38.4 Å². The second-order valence-corrected chi connectivity index (χ2v) is 6.31. The van der Waals surface area contributed by atoms with Gasteiger partial charge in [-0.15, -0.1) is 0 Å². The van der Waals surface area contributed by atoms with Crippen molar-refractivity contribution < 1.29 is 8.42 Å². The fraction of sp³-hybridized carbons (Fsp3) is 1.00. The first kappa shape index (κ1) is 11.9. The van der Waals surface area contributed by atoms with Gasteiger partial charge in [0.1, 0.15) is 9.84 Å². The summed E-state index contributed by atoms with van der Waals surface area (Å²) in [6.07, 6.45) is 3.76. The zero-order chi connectivity index (χ0) is 10.4. The predicted octanol–water partition coefficient (Wildman–Crippen LogP) is -0.380. The summed E-state index contributed by atoms with van der Waals surface area (Å²) in [5.74, 6) is 0.913. The molecule has 1 aliphatic rings. The average Bonchev–Trinajstić information content (AvgIpc) is 2.13. The highest BCUT2D eigenvalue weighted by Crippen LogP contribution is 2.07. The molecular formula is C9H20N2O2S. The fourth-order valence-corrected chi connectivity index (χ4v) is 2.18. The molecule has 1 unspecified atom stereocenters. The van der Waals surface area contributed by atoms with Gasteiger partial charge in [-0.2, -0.15) is 0 Å². The Bertz CT molecular complexity index is 246. The Morgan fingerprint density at radius 3 is 2.86 bits per heavy atom. The molecule has 2 N–H and O–H groups in total. The van der Waals surface area contributed by atoms with E-state index in [4.69, 9.17) is 0 Å². The molecule has 1 saturated heterocycles. The van der Waals surface area contributed by atoms with Crippen LogP contribution in [0.4, 0.5) is 0 Å². The second kappa shape index (κ2) is 5.68. The monoisotopic (exact) mass is 220 g/mol. The van der Waals surface area contributed by atoms with Gasteiger partial charge < -0.3 is 10.6 Å². The summed E-state index contributed by atoms with van der Waals surface area (Å²) in [6, 6.07) is 0. The molecule has 14 heavy (non-hydrogen) atoms. The van der Waals surface area contributed by atoms with E-state index in [1.54, 1.807) is 0 Å². The molecule has 1 heterocycles. The molecule has 0 saturated carbocycles. The van der Waals surface area contributed by atoms with Gasteiger partial charge in [-0.1, -0.05) is 0 Å². The van der Waals surface area contributed by atoms with Crippen LogP contribution >= 0.6 is 0 Å². The van der Waals surface area contributed by atoms with Crippen LogP contribution in [0, 0.1) is 5.92 Å². The average molecular weight is 220 g/mol. The lowest BCUT2D eigenvalue weighted by atomic mass is 10.00. The molecule has 0 aromatic heterocycles. The quantitative estimate of drug-likeness (QED) is 0.620. The van der Waals surface area contributed by atoms with Gasteiger partial charge in [-0.25, -0.2) is 8.42 Å². The number of hydrogen-bond donors (Lipinski definition) is 2. The normalized spacial score (nSPS) is 23.6. The van der Waals surface area contributed by atoms with Gasteiger partial charge in [0.15, 0.2) is 0 Å². The van der Waals surface area contributed by atoms with Crippen molar-refractivity contribution in [3.63, 3.8) is 0 Å². The van der Waals surface area contributed by atoms with E-state index in [0.717, 1.165) is 19.6 Å². The van der Waals surface area contributed by atoms with Gasteiger partial charge in [0.25, 0.3) is 0 Å². The molecular weight excluding hydrogens is 200 g/mol. The van der Waals surface area contributed by atoms with E-state index in [-0.39, 0.29) is 5.75 Å². The maximum Gasteiger partial charge on any atom is 0.148 e. The molecule has 0 amide bonds. The fourth-order valence-electron chi connectivity index (χ4n) is 1.66. The molecule has 0 aliphatic carbocycles. The third-order valence-corrected chi connectivity index (χ3v) is 3.43. The van der Waals surface area contributed by atoms with Gasteiger partial charge in [-0.3, -0.25) is 0 Å². The molecule has 4 nitrogen and oxygen atoms in total. The number of sulfone groups is 1. The summed E-state index contributed by atoms with van der Waals surface area (Å²) in [5.41, 5.74) is 0. The molecule has 0 bridgehead atoms. The smallest absolute Gasteiger partial charge is 0.148 e. The molecule has 5 heteroatoms. The van der Waals surface area contributed by atoms with Gasteiger partial charge >= 0.3 is 0 Å². The zero-order valence-corrected chi connectivity index (χ0v) is 9.57. The Morgan fingerprint density at radius 1 is 1.50 bits per heavy atom. The summed E-state index contributed by atoms with van der Waals surface area (Å²) >= 11 is 0. The highest BCUT2D eigenvalue weighted by molar-refractivity contribution is 7.90. The minimum atomic E-state index is -2.81. The molecule has 1 atom stereocenters. The molecule has 1 aliphatic heterocycles. The number of nitrogens with one attached hydrogen (secondary N) is 2. The maximum atomic E-state index is 10.8. The van der Waals surface area contributed by atoms with Gasteiger partial charge in [0.2, 0.25) is 0 Å². The molecule has 1 fully saturated rings. The lowest BCUT2D eigenvalue weighted by Crippen LogP contribution is -2.37. The SMILES string of the molecule is CS(=O)(=O)CCNCC1CCCNC1. The highest BCUT2D eigenvalue weighted by Gasteiger charge is 2.12. The molecule has 0 radical (unpaired) electrons. The molecule has 1 rings (SSSR count). The van der Waals surface area contributed by atoms with Crippen molar-refractivity contribution in [2.45, 2.75) is 12.8 Å². The predicted molar refractivity (Wildman–Crippen MR) is 58.2 cm³/mol. The third-order valence-electron chi connectivity index (χ3n) is 2.48. The Morgan fingerprint density at radius 2 is 2.29 bits per heavy atom. The van der Waals surface area contributed by atoms with Crippen molar-refractivity contribution in [3.05, 3.63) is 0 Å². The van der Waals surface area contributed by atoms with Gasteiger partial charge in [0.05, 0.1) is 5.75 Å². The van der Waals surface area contributed by atoms with E-state index in [1.165, 1.54) is 19.1 Å². The van der Waals surface area contributed by atoms with Gasteiger partial charge in [0, 0.05) is 12.8 Å². The summed E-state index contributed by atoms with van der Waals surface area (Å²) < 4.78 is 21.7. The van der Waals surface area contributed by atoms with Crippen LogP contribution in [0.15, 0.2) is 0 Å². The van der Waals surface area contributed by atoms with Crippen LogP contribution in [0.5, 0.6) is 0 Å². The van der Waals surface area contributed by atoms with E-state index in [0.29, 0.717) is 12.5 Å². The van der Waals surface area contributed by atoms with Crippen LogP contribution < -0.4 is 10.6 Å². The lowest BCUT2D eigenvalue weighted by molar-refractivity contribution is 0.363. The number of hydrogen-bond acceptors (Lipinski definition) is 4. The second-order valence-electron chi connectivity index (χ2n) is 4.05. The molecule has 0 aromatic carbocycles. The van der Waals surface area contributed by atoms with E-state index < -0.39 is 9.84 Å². The lowest BCUT2D eigenvalue weighted by Gasteiger charge is -2.22. The van der Waals surface area contributed by atoms with Crippen LogP contribution in [0.25, 0.3) is 0 Å². The van der Waals surface area contributed by atoms with Crippen molar-refractivity contribution in [2.24, 2.45) is 5.92 Å². The Kier molecular flexibility index (Phi) is 4.84. The van der Waals surface area contributed by atoms with Crippen molar-refractivity contribution in [2.75, 3.05) is 38.2 Å². The first-order chi connectivity index (χ1) is 6.58. The summed E-state index contributed by atoms with van der Waals surface area (Å²) in [6.45, 7) is 3.70. The van der Waals surface area contributed by atoms with E-state index in [1.807, 2.05) is 0 Å². The van der Waals surface area contributed by atoms with Crippen LogP contribution in [0.1, 0.15) is 12.8 Å². The van der Waals surface area contributed by atoms with Crippen LogP contribution in [0.3, 0.4) is 0 Å². The van der Waals surface area contributed by atoms with Crippen molar-refractivity contribution in [3.8, 4) is 0 Å². The van der Waals surface area contributed by atoms with Crippen molar-refractivity contribution in [1.82, 2.24) is 10.6 Å². The molecule has 84 valence electrons. The first-order valence-corrected chi connectivity index (χ1v) is 7.23. The largest absolute Gasteiger partial charge is 0.316 e. The summed E-state index contributed by atoms with van der Waals surface area (Å²) in [4.78, 5) is 0. The third kappa shape index (κ3) is 5.57. The van der Waals surface area contributed by atoms with E-state index in [9.17, 15) is 8.42 Å². The number of piperidine rings is 1. The number of rotatable bonds is 5. The Labute approximate surface area is 86.4 Å². The van der Waals surface area contributed by atoms with E-state index in [2.05, 4.69) is 10.6 Å². The molecule has 0 aromatic rings. The first-order valence-electron chi connectivity index (χ1n) is 5.17. The standard InChI is InChI=1S/C9H20N2O2S/c1-14(12,13)6-5-11-8-9-3-2-4-10-7-9/h9-11H,2-8H2,1H3. The zero-order valence-electron chi connectivity index (χ0n) is 8.75. The minimum absolute atomic E-state index is 0.243. The topological polar surface area (TPSA) is 58.2 Å². The minimum Gasteiger partial charge on any atom is -0.316 e. The molecule has 0 spiro atoms. The maximum absolute atomic E-state index is 10.8. The highest BCUT2D eigenvalue weighted by atomic mass is 32.2. The van der Waals surface area contributed by atoms with Crippen molar-refractivity contribution >= 4 is 9.84 Å². The van der Waals surface area contributed by atoms with Crippen LogP contribution in [-0.4, -0.2) is 46.6 Å². The van der Waals surface area contributed by atoms with Crippen molar-refractivity contribution in [1.29, 1.82) is 0 Å². The Hall–Kier alpha value is -0.130. The van der Waals surface area contributed by atoms with Crippen LogP contribution in [-0.2, 0) is 9.84 Å². The Balaban J connectivity index is 2.03. The van der Waals surface area contributed by atoms with Crippen LogP contribution in [0.2, 0.25) is 0 Å².